The fourth-order valence-corrected chi connectivity index (χ4v) is 6.10. The Kier molecular flexibility index (Phi) is 5.40. The number of hydrazone groups is 1. The molecule has 4 atom stereocenters. The van der Waals surface area contributed by atoms with Crippen molar-refractivity contribution in [1.82, 2.24) is 9.58 Å². The zero-order valence-electron chi connectivity index (χ0n) is 20.7. The first kappa shape index (κ1) is 22.5. The number of carbonyl (C=O) groups is 2. The molecule has 0 N–H and O–H groups in total. The number of allylic oxidation sites excluding steroid dienone is 2. The topological polar surface area (TPSA) is 63.9 Å². The molecular formula is C30H29N3O3. The van der Waals surface area contributed by atoms with Gasteiger partial charge in [0.2, 0.25) is 0 Å². The van der Waals surface area contributed by atoms with Crippen LogP contribution in [0.25, 0.3) is 5.69 Å². The first-order chi connectivity index (χ1) is 17.4. The van der Waals surface area contributed by atoms with Crippen LogP contribution in [-0.4, -0.2) is 27.6 Å². The molecule has 6 rings (SSSR count). The quantitative estimate of drug-likeness (QED) is 0.280. The van der Waals surface area contributed by atoms with Crippen molar-refractivity contribution in [2.24, 2.45) is 28.8 Å². The largest absolute Gasteiger partial charge is 0.489 e. The van der Waals surface area contributed by atoms with Gasteiger partial charge in [0.15, 0.2) is 0 Å². The van der Waals surface area contributed by atoms with E-state index in [-0.39, 0.29) is 35.5 Å². The fraction of sp³-hybridized carbons (Fsp3) is 0.300. The van der Waals surface area contributed by atoms with E-state index < -0.39 is 0 Å². The van der Waals surface area contributed by atoms with Crippen molar-refractivity contribution < 1.29 is 14.3 Å². The Morgan fingerprint density at radius 2 is 1.64 bits per heavy atom. The summed E-state index contributed by atoms with van der Waals surface area (Å²) in [6.07, 6.45) is 6.75. The Bertz CT molecular complexity index is 1390. The van der Waals surface area contributed by atoms with Crippen LogP contribution in [0.5, 0.6) is 5.75 Å². The van der Waals surface area contributed by atoms with Crippen molar-refractivity contribution in [3.05, 3.63) is 94.8 Å². The molecule has 6 heteroatoms. The summed E-state index contributed by atoms with van der Waals surface area (Å²) in [7, 11) is 0. The number of hydrogen-bond acceptors (Lipinski definition) is 4. The van der Waals surface area contributed by atoms with E-state index >= 15 is 0 Å². The predicted octanol–water partition coefficient (Wildman–Crippen LogP) is 5.12. The lowest BCUT2D eigenvalue weighted by Crippen LogP contribution is -2.28. The normalized spacial score (nSPS) is 24.4. The second-order valence-corrected chi connectivity index (χ2v) is 10.2. The van der Waals surface area contributed by atoms with E-state index in [1.165, 1.54) is 5.56 Å². The smallest absolute Gasteiger partial charge is 0.254 e. The number of hydrogen-bond donors (Lipinski definition) is 0. The van der Waals surface area contributed by atoms with Gasteiger partial charge in [-0.15, -0.1) is 0 Å². The zero-order valence-corrected chi connectivity index (χ0v) is 20.7. The van der Waals surface area contributed by atoms with Crippen molar-refractivity contribution in [2.45, 2.75) is 33.8 Å². The monoisotopic (exact) mass is 479 g/mol. The number of nitrogens with zero attached hydrogens (tertiary/aromatic N) is 3. The Morgan fingerprint density at radius 1 is 0.944 bits per heavy atom. The first-order valence-corrected chi connectivity index (χ1v) is 12.5. The van der Waals surface area contributed by atoms with Gasteiger partial charge in [0.25, 0.3) is 11.8 Å². The summed E-state index contributed by atoms with van der Waals surface area (Å²) < 4.78 is 8.10. The number of fused-ring (bicyclic) bond motifs is 5. The molecule has 3 aliphatic rings. The highest BCUT2D eigenvalue weighted by atomic mass is 16.5. The molecule has 0 radical (unpaired) electrons. The maximum atomic E-state index is 12.9. The van der Waals surface area contributed by atoms with Crippen molar-refractivity contribution >= 4 is 18.0 Å². The van der Waals surface area contributed by atoms with Crippen LogP contribution >= 0.6 is 0 Å². The number of carbonyl (C=O) groups excluding carboxylic acids is 2. The van der Waals surface area contributed by atoms with Crippen LogP contribution in [0.2, 0.25) is 0 Å². The molecule has 1 saturated carbocycles. The van der Waals surface area contributed by atoms with Gasteiger partial charge < -0.3 is 9.30 Å². The average Bonchev–Trinajstić information content (AvgIpc) is 3.61. The van der Waals surface area contributed by atoms with Gasteiger partial charge in [0.1, 0.15) is 12.4 Å². The highest BCUT2D eigenvalue weighted by molar-refractivity contribution is 6.06. The highest BCUT2D eigenvalue weighted by Crippen LogP contribution is 2.52. The Hall–Kier alpha value is -3.93. The number of amides is 2. The lowest BCUT2D eigenvalue weighted by molar-refractivity contribution is -0.140. The van der Waals surface area contributed by atoms with Crippen LogP contribution in [-0.2, 0) is 16.2 Å². The molecular weight excluding hydrogens is 450 g/mol. The molecule has 0 spiro atoms. The van der Waals surface area contributed by atoms with E-state index in [1.54, 1.807) is 6.21 Å². The van der Waals surface area contributed by atoms with E-state index in [1.807, 2.05) is 50.2 Å². The van der Waals surface area contributed by atoms with Crippen LogP contribution in [0.4, 0.5) is 0 Å². The van der Waals surface area contributed by atoms with E-state index in [0.29, 0.717) is 6.61 Å². The van der Waals surface area contributed by atoms with Gasteiger partial charge in [-0.1, -0.05) is 42.0 Å². The van der Waals surface area contributed by atoms with Crippen molar-refractivity contribution in [1.29, 1.82) is 0 Å². The van der Waals surface area contributed by atoms with Crippen molar-refractivity contribution in [3.8, 4) is 11.4 Å². The number of benzene rings is 2. The molecule has 1 aliphatic heterocycles. The standard InChI is InChI=1S/C30H29N3O3/c1-18-5-4-6-21(13-18)17-36-26-11-9-25(10-12-26)32-19(2)14-24(20(32)3)16-31-33-29(34)27-22-7-8-23(15-22)28(27)30(33)35/h4-14,16,22-23,27-28H,15,17H2,1-3H3/t22-,23-,27-,28+/m0/s1. The molecule has 2 bridgehead atoms. The molecule has 2 amide bonds. The van der Waals surface area contributed by atoms with Gasteiger partial charge in [-0.05, 0) is 74.9 Å². The summed E-state index contributed by atoms with van der Waals surface area (Å²) in [6, 6.07) is 18.3. The minimum atomic E-state index is -0.233. The molecule has 6 nitrogen and oxygen atoms in total. The fourth-order valence-electron chi connectivity index (χ4n) is 6.10. The molecule has 2 aliphatic carbocycles. The number of ether oxygens (including phenoxy) is 1. The third-order valence-corrected chi connectivity index (χ3v) is 7.81. The van der Waals surface area contributed by atoms with Crippen LogP contribution in [0.15, 0.2) is 71.9 Å². The Balaban J connectivity index is 1.17. The number of aryl methyl sites for hydroxylation is 2. The van der Waals surface area contributed by atoms with E-state index in [4.69, 9.17) is 4.74 Å². The van der Waals surface area contributed by atoms with E-state index in [2.05, 4.69) is 46.9 Å². The maximum absolute atomic E-state index is 12.9. The van der Waals surface area contributed by atoms with Gasteiger partial charge in [0.05, 0.1) is 18.1 Å². The second kappa shape index (κ2) is 8.63. The van der Waals surface area contributed by atoms with E-state index in [9.17, 15) is 9.59 Å². The Labute approximate surface area is 210 Å². The first-order valence-electron chi connectivity index (χ1n) is 12.5. The molecule has 2 aromatic carbocycles. The van der Waals surface area contributed by atoms with Gasteiger partial charge in [0, 0.05) is 22.6 Å². The van der Waals surface area contributed by atoms with Crippen LogP contribution in [0.3, 0.4) is 0 Å². The number of imide groups is 1. The van der Waals surface area contributed by atoms with Crippen LogP contribution in [0, 0.1) is 44.4 Å². The summed E-state index contributed by atoms with van der Waals surface area (Å²) in [5.41, 5.74) is 6.28. The summed E-state index contributed by atoms with van der Waals surface area (Å²) in [5.74, 6) is 0.397. The average molecular weight is 480 g/mol. The highest BCUT2D eigenvalue weighted by Gasteiger charge is 2.59. The van der Waals surface area contributed by atoms with Gasteiger partial charge in [-0.3, -0.25) is 9.59 Å². The number of rotatable bonds is 6. The molecule has 2 fully saturated rings. The zero-order chi connectivity index (χ0) is 25.0. The SMILES string of the molecule is Cc1cccc(COc2ccc(-n3c(C)cc(C=NN4C(=O)[C@@H]5[C@H](C4=O)[C@H]4C=C[C@H]5C4)c3C)cc2)c1. The summed E-state index contributed by atoms with van der Waals surface area (Å²) in [5, 5.41) is 5.47. The van der Waals surface area contributed by atoms with Crippen molar-refractivity contribution in [2.75, 3.05) is 0 Å². The summed E-state index contributed by atoms with van der Waals surface area (Å²) >= 11 is 0. The molecule has 182 valence electrons. The maximum Gasteiger partial charge on any atom is 0.254 e. The van der Waals surface area contributed by atoms with Gasteiger partial charge >= 0.3 is 0 Å². The minimum Gasteiger partial charge on any atom is -0.489 e. The molecule has 3 aromatic rings. The van der Waals surface area contributed by atoms with Crippen LogP contribution < -0.4 is 4.74 Å². The lowest BCUT2D eigenvalue weighted by Gasteiger charge is -2.13. The van der Waals surface area contributed by atoms with Crippen molar-refractivity contribution in [3.63, 3.8) is 0 Å². The molecule has 1 saturated heterocycles. The molecule has 36 heavy (non-hydrogen) atoms. The molecule has 2 heterocycles. The minimum absolute atomic E-state index is 0.159. The lowest BCUT2D eigenvalue weighted by atomic mass is 9.85. The van der Waals surface area contributed by atoms with E-state index in [0.717, 1.165) is 45.4 Å². The van der Waals surface area contributed by atoms with Crippen LogP contribution in [0.1, 0.15) is 34.5 Å². The third-order valence-electron chi connectivity index (χ3n) is 7.81. The second-order valence-electron chi connectivity index (χ2n) is 10.2. The Morgan fingerprint density at radius 3 is 2.31 bits per heavy atom. The summed E-state index contributed by atoms with van der Waals surface area (Å²) in [6.45, 7) is 6.65. The molecule has 0 unspecified atom stereocenters. The van der Waals surface area contributed by atoms with Gasteiger partial charge in [-0.2, -0.15) is 10.1 Å². The predicted molar refractivity (Wildman–Crippen MR) is 138 cm³/mol. The third kappa shape index (κ3) is 3.68. The van der Waals surface area contributed by atoms with Gasteiger partial charge in [-0.25, -0.2) is 0 Å². The number of aromatic nitrogens is 1. The molecule has 1 aromatic heterocycles. The summed E-state index contributed by atoms with van der Waals surface area (Å²) in [4.78, 5) is 25.8.